The second-order valence-electron chi connectivity index (χ2n) is 2.81. The van der Waals surface area contributed by atoms with Gasteiger partial charge in [0.2, 0.25) is 6.08 Å². The van der Waals surface area contributed by atoms with Crippen LogP contribution in [0.25, 0.3) is 0 Å². The van der Waals surface area contributed by atoms with Gasteiger partial charge in [-0.25, -0.2) is 4.79 Å². The molecule has 0 saturated heterocycles. The Bertz CT molecular complexity index is 379. The lowest BCUT2D eigenvalue weighted by atomic mass is 10.2. The van der Waals surface area contributed by atoms with E-state index >= 15 is 0 Å². The molecule has 0 aliphatic carbocycles. The van der Waals surface area contributed by atoms with Gasteiger partial charge in [0.05, 0.1) is 5.69 Å². The molecule has 0 amide bonds. The van der Waals surface area contributed by atoms with Crippen molar-refractivity contribution in [2.24, 2.45) is 4.99 Å². The summed E-state index contributed by atoms with van der Waals surface area (Å²) in [5, 5.41) is 0. The minimum Gasteiger partial charge on any atom is -0.489 e. The predicted octanol–water partition coefficient (Wildman–Crippen LogP) is 2.53. The van der Waals surface area contributed by atoms with E-state index in [2.05, 4.69) is 11.6 Å². The van der Waals surface area contributed by atoms with E-state index in [1.165, 1.54) is 6.08 Å². The number of ether oxygens (including phenoxy) is 1. The third kappa shape index (κ3) is 2.88. The maximum absolute atomic E-state index is 10.1. The van der Waals surface area contributed by atoms with Crippen molar-refractivity contribution in [1.29, 1.82) is 0 Å². The van der Waals surface area contributed by atoms with Gasteiger partial charge in [0.15, 0.2) is 0 Å². The molecule has 3 heteroatoms. The first kappa shape index (κ1) is 10.2. The minimum atomic E-state index is 0.438. The molecular weight excluding hydrogens is 178 g/mol. The second-order valence-corrected chi connectivity index (χ2v) is 2.81. The summed E-state index contributed by atoms with van der Waals surface area (Å²) in [6.45, 7) is 5.89. The maximum atomic E-state index is 10.1. The van der Waals surface area contributed by atoms with Crippen molar-refractivity contribution in [1.82, 2.24) is 0 Å². The highest BCUT2D eigenvalue weighted by Crippen LogP contribution is 2.22. The van der Waals surface area contributed by atoms with Crippen LogP contribution in [0.1, 0.15) is 5.56 Å². The second kappa shape index (κ2) is 5.00. The predicted molar refractivity (Wildman–Crippen MR) is 54.7 cm³/mol. The summed E-state index contributed by atoms with van der Waals surface area (Å²) in [6.07, 6.45) is 3.15. The summed E-state index contributed by atoms with van der Waals surface area (Å²) in [7, 11) is 0. The first-order valence-corrected chi connectivity index (χ1v) is 4.19. The maximum Gasteiger partial charge on any atom is 0.240 e. The number of hydrogen-bond donors (Lipinski definition) is 0. The first-order chi connectivity index (χ1) is 6.76. The standard InChI is InChI=1S/C11H11NO2/c1-3-4-14-11-6-9(2)5-10(7-11)12-8-13/h3,5-7H,1,4H2,2H3. The Balaban J connectivity index is 2.94. The molecule has 0 atom stereocenters. The summed E-state index contributed by atoms with van der Waals surface area (Å²) >= 11 is 0. The Morgan fingerprint density at radius 1 is 1.57 bits per heavy atom. The molecule has 0 aliphatic heterocycles. The highest BCUT2D eigenvalue weighted by Gasteiger charge is 1.97. The van der Waals surface area contributed by atoms with Gasteiger partial charge in [0, 0.05) is 6.07 Å². The van der Waals surface area contributed by atoms with Gasteiger partial charge in [-0.05, 0) is 24.6 Å². The van der Waals surface area contributed by atoms with Crippen molar-refractivity contribution in [3.63, 3.8) is 0 Å². The average Bonchev–Trinajstić information content (AvgIpc) is 2.14. The smallest absolute Gasteiger partial charge is 0.240 e. The van der Waals surface area contributed by atoms with E-state index < -0.39 is 0 Å². The lowest BCUT2D eigenvalue weighted by Gasteiger charge is -2.04. The molecule has 3 nitrogen and oxygen atoms in total. The third-order valence-corrected chi connectivity index (χ3v) is 1.58. The highest BCUT2D eigenvalue weighted by molar-refractivity contribution is 5.53. The molecule has 0 radical (unpaired) electrons. The van der Waals surface area contributed by atoms with Gasteiger partial charge in [-0.15, -0.1) is 0 Å². The monoisotopic (exact) mass is 189 g/mol. The van der Waals surface area contributed by atoms with E-state index in [-0.39, 0.29) is 0 Å². The number of benzene rings is 1. The van der Waals surface area contributed by atoms with Crippen LogP contribution in [0.4, 0.5) is 5.69 Å². The molecular formula is C11H11NO2. The topological polar surface area (TPSA) is 38.7 Å². The molecule has 0 fully saturated rings. The van der Waals surface area contributed by atoms with Crippen LogP contribution in [0.2, 0.25) is 0 Å². The van der Waals surface area contributed by atoms with Crippen LogP contribution in [0.5, 0.6) is 5.75 Å². The van der Waals surface area contributed by atoms with Crippen LogP contribution in [0, 0.1) is 6.92 Å². The molecule has 1 rings (SSSR count). The Morgan fingerprint density at radius 3 is 3.00 bits per heavy atom. The van der Waals surface area contributed by atoms with E-state index in [9.17, 15) is 4.79 Å². The lowest BCUT2D eigenvalue weighted by molar-refractivity contribution is 0.363. The molecule has 1 aromatic rings. The van der Waals surface area contributed by atoms with Crippen molar-refractivity contribution in [3.05, 3.63) is 36.4 Å². The summed E-state index contributed by atoms with van der Waals surface area (Å²) in [5.74, 6) is 0.680. The quantitative estimate of drug-likeness (QED) is 0.414. The molecule has 1 aromatic carbocycles. The fraction of sp³-hybridized carbons (Fsp3) is 0.182. The van der Waals surface area contributed by atoms with Crippen molar-refractivity contribution in [3.8, 4) is 5.75 Å². The zero-order valence-electron chi connectivity index (χ0n) is 7.99. The largest absolute Gasteiger partial charge is 0.489 e. The van der Waals surface area contributed by atoms with Crippen LogP contribution < -0.4 is 4.74 Å². The summed E-state index contributed by atoms with van der Waals surface area (Å²) in [5.41, 5.74) is 1.54. The zero-order chi connectivity index (χ0) is 10.4. The van der Waals surface area contributed by atoms with Gasteiger partial charge < -0.3 is 4.74 Å². The van der Waals surface area contributed by atoms with Crippen molar-refractivity contribution in [2.75, 3.05) is 6.61 Å². The number of nitrogens with zero attached hydrogens (tertiary/aromatic N) is 1. The number of aryl methyl sites for hydroxylation is 1. The van der Waals surface area contributed by atoms with E-state index in [0.29, 0.717) is 18.0 Å². The summed E-state index contributed by atoms with van der Waals surface area (Å²) < 4.78 is 5.32. The van der Waals surface area contributed by atoms with Crippen molar-refractivity contribution < 1.29 is 9.53 Å². The number of isocyanates is 1. The van der Waals surface area contributed by atoms with Gasteiger partial charge in [0.1, 0.15) is 12.4 Å². The highest BCUT2D eigenvalue weighted by atomic mass is 16.5. The summed E-state index contributed by atoms with van der Waals surface area (Å²) in [4.78, 5) is 13.6. The SMILES string of the molecule is C=CCOc1cc(C)cc(N=C=O)c1. The zero-order valence-corrected chi connectivity index (χ0v) is 7.99. The molecule has 0 aromatic heterocycles. The molecule has 0 heterocycles. The van der Waals surface area contributed by atoms with Crippen LogP contribution in [-0.4, -0.2) is 12.7 Å². The summed E-state index contributed by atoms with van der Waals surface area (Å²) in [6, 6.07) is 5.33. The average molecular weight is 189 g/mol. The van der Waals surface area contributed by atoms with E-state index in [1.54, 1.807) is 18.2 Å². The van der Waals surface area contributed by atoms with E-state index in [0.717, 1.165) is 5.56 Å². The Kier molecular flexibility index (Phi) is 3.65. The molecule has 0 spiro atoms. The Morgan fingerprint density at radius 2 is 2.36 bits per heavy atom. The molecule has 0 unspecified atom stereocenters. The molecule has 0 N–H and O–H groups in total. The fourth-order valence-electron chi connectivity index (χ4n) is 1.08. The van der Waals surface area contributed by atoms with Gasteiger partial charge in [-0.2, -0.15) is 4.99 Å². The van der Waals surface area contributed by atoms with Gasteiger partial charge in [-0.3, -0.25) is 0 Å². The lowest BCUT2D eigenvalue weighted by Crippen LogP contribution is -1.92. The molecule has 0 aliphatic rings. The molecule has 14 heavy (non-hydrogen) atoms. The number of rotatable bonds is 4. The normalized spacial score (nSPS) is 8.93. The van der Waals surface area contributed by atoms with Crippen LogP contribution >= 0.6 is 0 Å². The van der Waals surface area contributed by atoms with Crippen molar-refractivity contribution in [2.45, 2.75) is 6.92 Å². The minimum absolute atomic E-state index is 0.438. The molecule has 72 valence electrons. The number of aliphatic imine (C=N–C) groups is 1. The fourth-order valence-corrected chi connectivity index (χ4v) is 1.08. The van der Waals surface area contributed by atoms with Crippen LogP contribution in [-0.2, 0) is 4.79 Å². The molecule has 0 saturated carbocycles. The van der Waals surface area contributed by atoms with Gasteiger partial charge in [0.25, 0.3) is 0 Å². The van der Waals surface area contributed by atoms with Crippen LogP contribution in [0.15, 0.2) is 35.8 Å². The van der Waals surface area contributed by atoms with Crippen LogP contribution in [0.3, 0.4) is 0 Å². The van der Waals surface area contributed by atoms with Crippen molar-refractivity contribution >= 4 is 11.8 Å². The Labute approximate surface area is 82.7 Å². The first-order valence-electron chi connectivity index (χ1n) is 4.19. The molecule has 0 bridgehead atoms. The number of carbonyl (C=O) groups excluding carboxylic acids is 1. The van der Waals surface area contributed by atoms with Gasteiger partial charge in [-0.1, -0.05) is 12.7 Å². The number of hydrogen-bond acceptors (Lipinski definition) is 3. The van der Waals surface area contributed by atoms with E-state index in [4.69, 9.17) is 4.74 Å². The van der Waals surface area contributed by atoms with Gasteiger partial charge >= 0.3 is 0 Å². The third-order valence-electron chi connectivity index (χ3n) is 1.58. The van der Waals surface area contributed by atoms with E-state index in [1.807, 2.05) is 13.0 Å². The Hall–Kier alpha value is -1.86.